The Balaban J connectivity index is 1.58. The predicted molar refractivity (Wildman–Crippen MR) is 127 cm³/mol. The van der Waals surface area contributed by atoms with Gasteiger partial charge >= 0.3 is 5.76 Å². The maximum atomic E-state index is 13.1. The fourth-order valence-electron chi connectivity index (χ4n) is 4.24. The summed E-state index contributed by atoms with van der Waals surface area (Å²) in [7, 11) is -3.70. The van der Waals surface area contributed by atoms with Gasteiger partial charge in [0.05, 0.1) is 17.0 Å². The van der Waals surface area contributed by atoms with Gasteiger partial charge in [0.1, 0.15) is 6.54 Å². The zero-order valence-corrected chi connectivity index (χ0v) is 19.7. The van der Waals surface area contributed by atoms with Crippen molar-refractivity contribution in [3.05, 3.63) is 64.6 Å². The molecule has 2 aromatic carbocycles. The lowest BCUT2D eigenvalue weighted by Gasteiger charge is -2.22. The molecule has 9 nitrogen and oxygen atoms in total. The van der Waals surface area contributed by atoms with Gasteiger partial charge in [0, 0.05) is 32.2 Å². The standard InChI is InChI=1S/C24H29N3O6S/c28-15-14-25(17-19-8-4-3-5-9-19)23(29)18-27-21-11-10-20(16-22(21)33-24(27)30)34(31,32)26-12-6-1-2-7-13-26/h3-5,8-11,16,28H,1-2,6-7,12-15,17-18H2. The average Bonchev–Trinajstić information content (AvgIpc) is 2.99. The smallest absolute Gasteiger partial charge is 0.408 e. The monoisotopic (exact) mass is 487 g/mol. The molecule has 1 N–H and O–H groups in total. The van der Waals surface area contributed by atoms with Gasteiger partial charge in [-0.2, -0.15) is 4.31 Å². The molecule has 0 atom stereocenters. The van der Waals surface area contributed by atoms with E-state index in [-0.39, 0.29) is 36.1 Å². The van der Waals surface area contributed by atoms with Crippen molar-refractivity contribution in [2.75, 3.05) is 26.2 Å². The molecular formula is C24H29N3O6S. The van der Waals surface area contributed by atoms with E-state index < -0.39 is 15.8 Å². The van der Waals surface area contributed by atoms with Crippen LogP contribution in [0.3, 0.4) is 0 Å². The van der Waals surface area contributed by atoms with Crippen LogP contribution in [0.25, 0.3) is 11.1 Å². The van der Waals surface area contributed by atoms with Crippen molar-refractivity contribution in [3.8, 4) is 0 Å². The molecule has 1 aliphatic rings. The summed E-state index contributed by atoms with van der Waals surface area (Å²) in [6, 6.07) is 13.7. The average molecular weight is 488 g/mol. The van der Waals surface area contributed by atoms with Gasteiger partial charge in [0.15, 0.2) is 5.58 Å². The Morgan fingerprint density at radius 2 is 1.74 bits per heavy atom. The summed E-state index contributed by atoms with van der Waals surface area (Å²) in [5.74, 6) is -1.10. The van der Waals surface area contributed by atoms with Gasteiger partial charge in [0.2, 0.25) is 15.9 Å². The number of hydrogen-bond acceptors (Lipinski definition) is 6. The number of nitrogens with zero attached hydrogens (tertiary/aromatic N) is 3. The van der Waals surface area contributed by atoms with E-state index in [0.717, 1.165) is 31.2 Å². The summed E-state index contributed by atoms with van der Waals surface area (Å²) in [5, 5.41) is 9.41. The number of aliphatic hydroxyl groups excluding tert-OH is 1. The molecule has 1 aromatic heterocycles. The van der Waals surface area contributed by atoms with Crippen molar-refractivity contribution in [2.24, 2.45) is 0 Å². The van der Waals surface area contributed by atoms with Crippen LogP contribution in [0, 0.1) is 0 Å². The number of aliphatic hydroxyl groups is 1. The van der Waals surface area contributed by atoms with Crippen LogP contribution in [-0.4, -0.2) is 59.4 Å². The SMILES string of the molecule is O=C(Cn1c(=O)oc2cc(S(=O)(=O)N3CCCCCC3)ccc21)N(CCO)Cc1ccccc1. The third-order valence-electron chi connectivity index (χ3n) is 6.07. The number of fused-ring (bicyclic) bond motifs is 1. The van der Waals surface area contributed by atoms with E-state index in [2.05, 4.69) is 0 Å². The van der Waals surface area contributed by atoms with Crippen LogP contribution in [0.2, 0.25) is 0 Å². The van der Waals surface area contributed by atoms with Gasteiger partial charge in [-0.3, -0.25) is 9.36 Å². The highest BCUT2D eigenvalue weighted by Crippen LogP contribution is 2.24. The number of rotatable bonds is 8. The van der Waals surface area contributed by atoms with Crippen molar-refractivity contribution in [1.29, 1.82) is 0 Å². The first-order valence-corrected chi connectivity index (χ1v) is 12.9. The maximum absolute atomic E-state index is 13.1. The second kappa shape index (κ2) is 10.5. The summed E-state index contributed by atoms with van der Waals surface area (Å²) in [6.07, 6.45) is 3.66. The van der Waals surface area contributed by atoms with E-state index in [1.165, 1.54) is 32.0 Å². The first-order chi connectivity index (χ1) is 16.4. The van der Waals surface area contributed by atoms with Crippen LogP contribution in [0.4, 0.5) is 0 Å². The normalized spacial score (nSPS) is 15.3. The number of sulfonamides is 1. The highest BCUT2D eigenvalue weighted by molar-refractivity contribution is 7.89. The van der Waals surface area contributed by atoms with Crippen LogP contribution >= 0.6 is 0 Å². The van der Waals surface area contributed by atoms with E-state index in [1.54, 1.807) is 0 Å². The Hall–Kier alpha value is -2.95. The van der Waals surface area contributed by atoms with Gasteiger partial charge in [-0.15, -0.1) is 0 Å². The van der Waals surface area contributed by atoms with Crippen molar-refractivity contribution >= 4 is 27.0 Å². The number of amides is 1. The predicted octanol–water partition coefficient (Wildman–Crippen LogP) is 2.18. The fourth-order valence-corrected chi connectivity index (χ4v) is 5.77. The largest absolute Gasteiger partial charge is 0.420 e. The summed E-state index contributed by atoms with van der Waals surface area (Å²) < 4.78 is 34.2. The number of oxazole rings is 1. The van der Waals surface area contributed by atoms with Crippen molar-refractivity contribution in [1.82, 2.24) is 13.8 Å². The van der Waals surface area contributed by atoms with E-state index in [1.807, 2.05) is 30.3 Å². The first-order valence-electron chi connectivity index (χ1n) is 11.5. The molecule has 4 rings (SSSR count). The van der Waals surface area contributed by atoms with Crippen LogP contribution < -0.4 is 5.76 Å². The van der Waals surface area contributed by atoms with E-state index in [4.69, 9.17) is 4.42 Å². The van der Waals surface area contributed by atoms with Crippen molar-refractivity contribution in [3.63, 3.8) is 0 Å². The molecule has 1 amide bonds. The van der Waals surface area contributed by atoms with Gasteiger partial charge in [-0.1, -0.05) is 43.2 Å². The lowest BCUT2D eigenvalue weighted by atomic mass is 10.2. The zero-order chi connectivity index (χ0) is 24.1. The van der Waals surface area contributed by atoms with Crippen LogP contribution in [0.5, 0.6) is 0 Å². The molecule has 0 bridgehead atoms. The maximum Gasteiger partial charge on any atom is 0.420 e. The summed E-state index contributed by atoms with van der Waals surface area (Å²) in [5.41, 5.74) is 1.36. The molecule has 0 radical (unpaired) electrons. The lowest BCUT2D eigenvalue weighted by Crippen LogP contribution is -2.37. The van der Waals surface area contributed by atoms with Gasteiger partial charge in [-0.05, 0) is 30.5 Å². The lowest BCUT2D eigenvalue weighted by molar-refractivity contribution is -0.133. The van der Waals surface area contributed by atoms with Crippen LogP contribution in [-0.2, 0) is 27.9 Å². The minimum atomic E-state index is -3.70. The molecule has 0 aliphatic carbocycles. The number of carbonyl (C=O) groups excluding carboxylic acids is 1. The molecular weight excluding hydrogens is 458 g/mol. The van der Waals surface area contributed by atoms with Crippen LogP contribution in [0.1, 0.15) is 31.2 Å². The van der Waals surface area contributed by atoms with E-state index in [9.17, 15) is 23.1 Å². The van der Waals surface area contributed by atoms with E-state index in [0.29, 0.717) is 25.2 Å². The number of carbonyl (C=O) groups is 1. The highest BCUT2D eigenvalue weighted by Gasteiger charge is 2.26. The molecule has 1 aliphatic heterocycles. The molecule has 3 aromatic rings. The molecule has 34 heavy (non-hydrogen) atoms. The first kappa shape index (κ1) is 24.2. The Labute approximate surface area is 198 Å². The summed E-state index contributed by atoms with van der Waals surface area (Å²) in [6.45, 7) is 0.873. The van der Waals surface area contributed by atoms with Crippen molar-refractivity contribution < 1.29 is 22.7 Å². The number of hydrogen-bond donors (Lipinski definition) is 1. The van der Waals surface area contributed by atoms with E-state index >= 15 is 0 Å². The topological polar surface area (TPSA) is 113 Å². The highest BCUT2D eigenvalue weighted by atomic mass is 32.2. The fraction of sp³-hybridized carbons (Fsp3) is 0.417. The molecule has 182 valence electrons. The minimum Gasteiger partial charge on any atom is -0.408 e. The Morgan fingerprint density at radius 1 is 1.03 bits per heavy atom. The number of benzene rings is 2. The minimum absolute atomic E-state index is 0.0695. The molecule has 2 heterocycles. The van der Waals surface area contributed by atoms with Crippen molar-refractivity contribution in [2.45, 2.75) is 43.7 Å². The molecule has 0 saturated carbocycles. The molecule has 0 spiro atoms. The van der Waals surface area contributed by atoms with Gasteiger partial charge < -0.3 is 14.4 Å². The van der Waals surface area contributed by atoms with Crippen LogP contribution in [0.15, 0.2) is 62.6 Å². The third-order valence-corrected chi connectivity index (χ3v) is 7.97. The number of aromatic nitrogens is 1. The second-order valence-electron chi connectivity index (χ2n) is 8.43. The third kappa shape index (κ3) is 5.24. The second-order valence-corrected chi connectivity index (χ2v) is 10.4. The molecule has 1 saturated heterocycles. The van der Waals surface area contributed by atoms with Gasteiger partial charge in [-0.25, -0.2) is 13.2 Å². The molecule has 1 fully saturated rings. The Kier molecular flexibility index (Phi) is 7.50. The van der Waals surface area contributed by atoms with Gasteiger partial charge in [0.25, 0.3) is 0 Å². The summed E-state index contributed by atoms with van der Waals surface area (Å²) in [4.78, 5) is 27.1. The molecule has 0 unspecified atom stereocenters. The summed E-state index contributed by atoms with van der Waals surface area (Å²) >= 11 is 0. The Morgan fingerprint density at radius 3 is 2.41 bits per heavy atom. The molecule has 10 heteroatoms. The quantitative estimate of drug-likeness (QED) is 0.521. The Bertz CT molecular complexity index is 1290. The zero-order valence-electron chi connectivity index (χ0n) is 18.9.